The van der Waals surface area contributed by atoms with Crippen LogP contribution in [0, 0.1) is 0 Å². The lowest BCUT2D eigenvalue weighted by molar-refractivity contribution is 0.373. The summed E-state index contributed by atoms with van der Waals surface area (Å²) in [5.41, 5.74) is 0. The van der Waals surface area contributed by atoms with Crippen LogP contribution in [0.2, 0.25) is 0 Å². The zero-order chi connectivity index (χ0) is 7.98. The van der Waals surface area contributed by atoms with Gasteiger partial charge in [-0.05, 0) is 38.4 Å². The van der Waals surface area contributed by atoms with Crippen molar-refractivity contribution in [3.05, 3.63) is 0 Å². The van der Waals surface area contributed by atoms with Gasteiger partial charge in [-0.3, -0.25) is 0 Å². The average Bonchev–Trinajstić information content (AvgIpc) is 1.85. The highest BCUT2D eigenvalue weighted by Gasteiger charge is 1.97. The molecular formula is C6H16N2S2. The van der Waals surface area contributed by atoms with Gasteiger partial charge in [-0.2, -0.15) is 0 Å². The van der Waals surface area contributed by atoms with Gasteiger partial charge < -0.3 is 4.90 Å². The lowest BCUT2D eigenvalue weighted by atomic mass is 10.6. The van der Waals surface area contributed by atoms with E-state index in [4.69, 9.17) is 0 Å². The molecule has 4 heteroatoms. The van der Waals surface area contributed by atoms with Gasteiger partial charge >= 0.3 is 0 Å². The van der Waals surface area contributed by atoms with Gasteiger partial charge in [0.15, 0.2) is 0 Å². The van der Waals surface area contributed by atoms with Crippen molar-refractivity contribution in [3.8, 4) is 0 Å². The molecule has 10 heavy (non-hydrogen) atoms. The van der Waals surface area contributed by atoms with Crippen LogP contribution >= 0.6 is 21.8 Å². The Morgan fingerprint density at radius 1 is 1.10 bits per heavy atom. The molecule has 0 atom stereocenters. The topological polar surface area (TPSA) is 6.48 Å². The molecule has 0 spiro atoms. The van der Waals surface area contributed by atoms with Crippen molar-refractivity contribution < 1.29 is 0 Å². The largest absolute Gasteiger partial charge is 0.308 e. The fourth-order valence-electron chi connectivity index (χ4n) is 0.505. The number of likely N-dealkylation sites (N-methyl/N-ethyl adjacent to an activating group) is 2. The quantitative estimate of drug-likeness (QED) is 0.466. The minimum atomic E-state index is 1.12. The Kier molecular flexibility index (Phi) is 6.73. The zero-order valence-corrected chi connectivity index (χ0v) is 8.76. The smallest absolute Gasteiger partial charge is 0.0222 e. The number of rotatable bonds is 5. The summed E-state index contributed by atoms with van der Waals surface area (Å²) in [5.74, 6) is 0. The fraction of sp³-hybridized carbons (Fsp3) is 1.00. The van der Waals surface area contributed by atoms with E-state index in [1.165, 1.54) is 0 Å². The number of hydrogen-bond donors (Lipinski definition) is 0. The molecular weight excluding hydrogens is 164 g/mol. The van der Waals surface area contributed by atoms with Crippen molar-refractivity contribution in [1.82, 2.24) is 9.21 Å². The number of nitrogens with zero attached hydrogens (tertiary/aromatic N) is 2. The molecule has 0 heterocycles. The Labute approximate surface area is 71.9 Å². The second-order valence-corrected chi connectivity index (χ2v) is 4.95. The summed E-state index contributed by atoms with van der Waals surface area (Å²) in [5, 5.41) is 0. The zero-order valence-electron chi connectivity index (χ0n) is 7.13. The molecule has 0 rings (SSSR count). The first-order valence-corrected chi connectivity index (χ1v) is 5.75. The maximum atomic E-state index is 2.24. The van der Waals surface area contributed by atoms with Crippen LogP contribution in [0.25, 0.3) is 0 Å². The Bertz CT molecular complexity index is 78.1. The summed E-state index contributed by atoms with van der Waals surface area (Å²) in [6.07, 6.45) is 2.09. The molecule has 0 saturated heterocycles. The highest BCUT2D eigenvalue weighted by molar-refractivity contribution is 8.75. The minimum Gasteiger partial charge on any atom is -0.308 e. The molecule has 2 nitrogen and oxygen atoms in total. The molecule has 62 valence electrons. The Morgan fingerprint density at radius 3 is 2.10 bits per heavy atom. The summed E-state index contributed by atoms with van der Waals surface area (Å²) < 4.78 is 2.24. The van der Waals surface area contributed by atoms with E-state index in [1.807, 2.05) is 0 Å². The molecule has 0 aromatic heterocycles. The molecule has 0 radical (unpaired) electrons. The Hall–Kier alpha value is 0.620. The molecule has 0 unspecified atom stereocenters. The Balaban J connectivity index is 3.12. The van der Waals surface area contributed by atoms with Crippen molar-refractivity contribution in [2.24, 2.45) is 0 Å². The van der Waals surface area contributed by atoms with Gasteiger partial charge in [-0.1, -0.05) is 10.8 Å². The average molecular weight is 180 g/mol. The third kappa shape index (κ3) is 6.74. The van der Waals surface area contributed by atoms with Gasteiger partial charge in [-0.15, -0.1) is 0 Å². The molecule has 0 N–H and O–H groups in total. The van der Waals surface area contributed by atoms with E-state index in [1.54, 1.807) is 21.8 Å². The molecule has 0 amide bonds. The van der Waals surface area contributed by atoms with Gasteiger partial charge in [0.2, 0.25) is 0 Å². The van der Waals surface area contributed by atoms with E-state index >= 15 is 0 Å². The van der Waals surface area contributed by atoms with Gasteiger partial charge in [-0.25, -0.2) is 4.31 Å². The molecule has 0 aromatic carbocycles. The Morgan fingerprint density at radius 2 is 1.70 bits per heavy atom. The van der Waals surface area contributed by atoms with Crippen molar-refractivity contribution in [3.63, 3.8) is 0 Å². The maximum Gasteiger partial charge on any atom is 0.0222 e. The van der Waals surface area contributed by atoms with E-state index in [-0.39, 0.29) is 0 Å². The van der Waals surface area contributed by atoms with E-state index in [0.717, 1.165) is 13.1 Å². The predicted molar refractivity (Wildman–Crippen MR) is 52.3 cm³/mol. The van der Waals surface area contributed by atoms with E-state index in [9.17, 15) is 0 Å². The summed E-state index contributed by atoms with van der Waals surface area (Å²) in [6, 6.07) is 0. The SMILES string of the molecule is CSSN(C)CCN(C)C. The van der Waals surface area contributed by atoms with Crippen LogP contribution in [-0.2, 0) is 0 Å². The summed E-state index contributed by atoms with van der Waals surface area (Å²) in [7, 11) is 9.89. The van der Waals surface area contributed by atoms with Crippen LogP contribution in [0.3, 0.4) is 0 Å². The third-order valence-corrected chi connectivity index (χ3v) is 2.86. The van der Waals surface area contributed by atoms with E-state index < -0.39 is 0 Å². The second kappa shape index (κ2) is 6.34. The van der Waals surface area contributed by atoms with Crippen molar-refractivity contribution in [2.75, 3.05) is 40.5 Å². The highest BCUT2D eigenvalue weighted by Crippen LogP contribution is 2.19. The summed E-state index contributed by atoms with van der Waals surface area (Å²) in [4.78, 5) is 2.19. The lowest BCUT2D eigenvalue weighted by Gasteiger charge is -2.16. The normalized spacial score (nSPS) is 11.4. The molecule has 0 aliphatic heterocycles. The highest BCUT2D eigenvalue weighted by atomic mass is 33.1. The van der Waals surface area contributed by atoms with Gasteiger partial charge in [0, 0.05) is 13.1 Å². The van der Waals surface area contributed by atoms with E-state index in [0.29, 0.717) is 0 Å². The molecule has 0 aliphatic rings. The van der Waals surface area contributed by atoms with Crippen molar-refractivity contribution in [1.29, 1.82) is 0 Å². The standard InChI is InChI=1S/C6H16N2S2/c1-7(2)5-6-8(3)10-9-4/h5-6H2,1-4H3. The lowest BCUT2D eigenvalue weighted by Crippen LogP contribution is -2.23. The predicted octanol–water partition coefficient (Wildman–Crippen LogP) is 1.41. The van der Waals surface area contributed by atoms with Gasteiger partial charge in [0.25, 0.3) is 0 Å². The third-order valence-electron chi connectivity index (χ3n) is 1.06. The number of hydrogen-bond acceptors (Lipinski definition) is 4. The van der Waals surface area contributed by atoms with Crippen molar-refractivity contribution in [2.45, 2.75) is 0 Å². The van der Waals surface area contributed by atoms with Crippen LogP contribution in [0.1, 0.15) is 0 Å². The second-order valence-electron chi connectivity index (χ2n) is 2.40. The first-order chi connectivity index (χ1) is 4.66. The maximum absolute atomic E-state index is 2.24. The summed E-state index contributed by atoms with van der Waals surface area (Å²) in [6.45, 7) is 2.25. The van der Waals surface area contributed by atoms with Crippen LogP contribution in [-0.4, -0.2) is 49.7 Å². The molecule has 0 fully saturated rings. The molecule has 0 aliphatic carbocycles. The summed E-state index contributed by atoms with van der Waals surface area (Å²) >= 11 is 0. The first kappa shape index (κ1) is 10.6. The van der Waals surface area contributed by atoms with Crippen LogP contribution in [0.4, 0.5) is 0 Å². The van der Waals surface area contributed by atoms with Crippen LogP contribution in [0.5, 0.6) is 0 Å². The van der Waals surface area contributed by atoms with Crippen LogP contribution in [0.15, 0.2) is 0 Å². The van der Waals surface area contributed by atoms with Crippen LogP contribution < -0.4 is 0 Å². The molecule has 0 aromatic rings. The molecule has 0 bridgehead atoms. The molecule has 0 saturated carbocycles. The monoisotopic (exact) mass is 180 g/mol. The van der Waals surface area contributed by atoms with Gasteiger partial charge in [0.1, 0.15) is 0 Å². The fourth-order valence-corrected chi connectivity index (χ4v) is 1.90. The van der Waals surface area contributed by atoms with E-state index in [2.05, 4.69) is 36.6 Å². The van der Waals surface area contributed by atoms with Gasteiger partial charge in [0.05, 0.1) is 0 Å². The first-order valence-electron chi connectivity index (χ1n) is 3.23. The minimum absolute atomic E-state index is 1.12. The van der Waals surface area contributed by atoms with Crippen molar-refractivity contribution >= 4 is 21.8 Å².